The van der Waals surface area contributed by atoms with Crippen LogP contribution in [-0.4, -0.2) is 19.1 Å². The second kappa shape index (κ2) is 5.70. The average molecular weight is 283 g/mol. The second-order valence-corrected chi connectivity index (χ2v) is 5.58. The minimum absolute atomic E-state index is 0.347. The molecular weight excluding hydrogens is 264 g/mol. The summed E-state index contributed by atoms with van der Waals surface area (Å²) in [6.45, 7) is 2.23. The van der Waals surface area contributed by atoms with Crippen molar-refractivity contribution >= 4 is 28.9 Å². The summed E-state index contributed by atoms with van der Waals surface area (Å²) >= 11 is 6.20. The van der Waals surface area contributed by atoms with E-state index in [1.807, 2.05) is 0 Å². The van der Waals surface area contributed by atoms with Gasteiger partial charge in [-0.1, -0.05) is 18.5 Å². The van der Waals surface area contributed by atoms with Crippen molar-refractivity contribution in [2.24, 2.45) is 5.92 Å². The van der Waals surface area contributed by atoms with Crippen molar-refractivity contribution in [2.45, 2.75) is 32.2 Å². The van der Waals surface area contributed by atoms with E-state index in [0.29, 0.717) is 33.9 Å². The molecular formula is C14H19ClN2O2. The van der Waals surface area contributed by atoms with Crippen LogP contribution >= 0.6 is 11.6 Å². The Balaban J connectivity index is 2.29. The molecule has 0 heterocycles. The Kier molecular flexibility index (Phi) is 4.20. The molecule has 2 unspecified atom stereocenters. The monoisotopic (exact) mass is 282 g/mol. The predicted octanol–water partition coefficient (Wildman–Crippen LogP) is 3.31. The first-order chi connectivity index (χ1) is 9.01. The summed E-state index contributed by atoms with van der Waals surface area (Å²) in [6, 6.07) is 3.59. The maximum atomic E-state index is 11.8. The van der Waals surface area contributed by atoms with E-state index in [1.165, 1.54) is 13.5 Å². The highest BCUT2D eigenvalue weighted by molar-refractivity contribution is 6.34. The third kappa shape index (κ3) is 3.13. The second-order valence-electron chi connectivity index (χ2n) is 5.18. The number of benzene rings is 1. The summed E-state index contributed by atoms with van der Waals surface area (Å²) in [5.41, 5.74) is 7.21. The molecule has 3 N–H and O–H groups in total. The lowest BCUT2D eigenvalue weighted by Gasteiger charge is -2.18. The Morgan fingerprint density at radius 1 is 1.47 bits per heavy atom. The molecule has 1 fully saturated rings. The fraction of sp³-hybridized carbons (Fsp3) is 0.500. The number of methoxy groups -OCH3 is 1. The summed E-state index contributed by atoms with van der Waals surface area (Å²) in [6.07, 6.45) is 3.36. The molecule has 19 heavy (non-hydrogen) atoms. The zero-order valence-electron chi connectivity index (χ0n) is 11.2. The molecule has 2 atom stereocenters. The van der Waals surface area contributed by atoms with Crippen LogP contribution in [0, 0.1) is 5.92 Å². The van der Waals surface area contributed by atoms with E-state index in [2.05, 4.69) is 12.2 Å². The normalized spacial score (nSPS) is 22.3. The number of ether oxygens (including phenoxy) is 1. The van der Waals surface area contributed by atoms with E-state index in [-0.39, 0.29) is 0 Å². The molecule has 5 heteroatoms. The highest BCUT2D eigenvalue weighted by Crippen LogP contribution is 2.34. The first-order valence-electron chi connectivity index (χ1n) is 6.45. The molecule has 2 rings (SSSR count). The van der Waals surface area contributed by atoms with Gasteiger partial charge in [0, 0.05) is 11.7 Å². The number of halogens is 1. The van der Waals surface area contributed by atoms with Gasteiger partial charge < -0.3 is 15.8 Å². The maximum Gasteiger partial charge on any atom is 0.340 e. The molecule has 0 saturated heterocycles. The number of hydrogen-bond donors (Lipinski definition) is 2. The number of nitrogens with two attached hydrogens (primary N) is 1. The predicted molar refractivity (Wildman–Crippen MR) is 77.6 cm³/mol. The van der Waals surface area contributed by atoms with Gasteiger partial charge in [-0.25, -0.2) is 4.79 Å². The number of hydrogen-bond acceptors (Lipinski definition) is 4. The third-order valence-corrected chi connectivity index (χ3v) is 3.86. The van der Waals surface area contributed by atoms with Gasteiger partial charge in [0.2, 0.25) is 0 Å². The van der Waals surface area contributed by atoms with Crippen molar-refractivity contribution in [3.05, 3.63) is 22.7 Å². The molecule has 0 aromatic heterocycles. The lowest BCUT2D eigenvalue weighted by atomic mass is 10.1. The van der Waals surface area contributed by atoms with Gasteiger partial charge in [0.1, 0.15) is 0 Å². The molecule has 104 valence electrons. The number of carbonyl (C=O) groups is 1. The standard InChI is InChI=1S/C14H19ClN2O2/c1-8-3-4-10(5-8)17-13-11(14(18)19-2)6-9(16)7-12(13)15/h6-8,10,17H,3-5,16H2,1-2H3. The lowest BCUT2D eigenvalue weighted by Crippen LogP contribution is -2.18. The molecule has 0 radical (unpaired) electrons. The van der Waals surface area contributed by atoms with E-state index in [0.717, 1.165) is 12.8 Å². The molecule has 1 saturated carbocycles. The lowest BCUT2D eigenvalue weighted by molar-refractivity contribution is 0.0602. The van der Waals surface area contributed by atoms with E-state index in [1.54, 1.807) is 12.1 Å². The SMILES string of the molecule is COC(=O)c1cc(N)cc(Cl)c1NC1CCC(C)C1. The van der Waals surface area contributed by atoms with Crippen LogP contribution in [0.3, 0.4) is 0 Å². The van der Waals surface area contributed by atoms with Gasteiger partial charge in [-0.2, -0.15) is 0 Å². The van der Waals surface area contributed by atoms with Gasteiger partial charge in [-0.3, -0.25) is 0 Å². The fourth-order valence-electron chi connectivity index (χ4n) is 2.59. The molecule has 0 bridgehead atoms. The van der Waals surface area contributed by atoms with E-state index >= 15 is 0 Å². The number of carbonyl (C=O) groups excluding carboxylic acids is 1. The summed E-state index contributed by atoms with van der Waals surface area (Å²) in [4.78, 5) is 11.8. The average Bonchev–Trinajstić information content (AvgIpc) is 2.77. The summed E-state index contributed by atoms with van der Waals surface area (Å²) in [7, 11) is 1.35. The Labute approximate surface area is 118 Å². The highest BCUT2D eigenvalue weighted by Gasteiger charge is 2.24. The smallest absolute Gasteiger partial charge is 0.340 e. The number of nitrogens with one attached hydrogen (secondary N) is 1. The quantitative estimate of drug-likeness (QED) is 0.659. The van der Waals surface area contributed by atoms with Crippen LogP contribution in [0.5, 0.6) is 0 Å². The highest BCUT2D eigenvalue weighted by atomic mass is 35.5. The van der Waals surface area contributed by atoms with Crippen LogP contribution in [0.15, 0.2) is 12.1 Å². The molecule has 1 aromatic rings. The minimum Gasteiger partial charge on any atom is -0.465 e. The van der Waals surface area contributed by atoms with Crippen LogP contribution in [0.25, 0.3) is 0 Å². The van der Waals surface area contributed by atoms with Gasteiger partial charge in [-0.05, 0) is 37.3 Å². The van der Waals surface area contributed by atoms with Crippen molar-refractivity contribution in [2.75, 3.05) is 18.2 Å². The van der Waals surface area contributed by atoms with Crippen molar-refractivity contribution in [1.82, 2.24) is 0 Å². The number of rotatable bonds is 3. The van der Waals surface area contributed by atoms with E-state index < -0.39 is 5.97 Å². The number of esters is 1. The van der Waals surface area contributed by atoms with Gasteiger partial charge >= 0.3 is 5.97 Å². The first kappa shape index (κ1) is 14.0. The van der Waals surface area contributed by atoms with Crippen LogP contribution < -0.4 is 11.1 Å². The van der Waals surface area contributed by atoms with E-state index in [9.17, 15) is 4.79 Å². The molecule has 4 nitrogen and oxygen atoms in total. The molecule has 0 amide bonds. The van der Waals surface area contributed by atoms with Crippen molar-refractivity contribution in [3.63, 3.8) is 0 Å². The summed E-state index contributed by atoms with van der Waals surface area (Å²) in [5.74, 6) is 0.273. The Bertz CT molecular complexity index is 491. The van der Waals surface area contributed by atoms with Gasteiger partial charge in [0.25, 0.3) is 0 Å². The van der Waals surface area contributed by atoms with Gasteiger partial charge in [0.05, 0.1) is 23.4 Å². The van der Waals surface area contributed by atoms with Crippen LogP contribution in [-0.2, 0) is 4.74 Å². The molecule has 1 aliphatic carbocycles. The van der Waals surface area contributed by atoms with Crippen molar-refractivity contribution in [3.8, 4) is 0 Å². The topological polar surface area (TPSA) is 64.3 Å². The minimum atomic E-state index is -0.428. The Hall–Kier alpha value is -1.42. The Morgan fingerprint density at radius 3 is 2.79 bits per heavy atom. The molecule has 1 aliphatic rings. The largest absolute Gasteiger partial charge is 0.465 e. The van der Waals surface area contributed by atoms with Crippen molar-refractivity contribution < 1.29 is 9.53 Å². The third-order valence-electron chi connectivity index (χ3n) is 3.56. The fourth-order valence-corrected chi connectivity index (χ4v) is 2.87. The van der Waals surface area contributed by atoms with Crippen LogP contribution in [0.1, 0.15) is 36.5 Å². The van der Waals surface area contributed by atoms with E-state index in [4.69, 9.17) is 22.1 Å². The summed E-state index contributed by atoms with van der Waals surface area (Å²) < 4.78 is 4.78. The summed E-state index contributed by atoms with van der Waals surface area (Å²) in [5, 5.41) is 3.82. The van der Waals surface area contributed by atoms with Gasteiger partial charge in [0.15, 0.2) is 0 Å². The zero-order valence-corrected chi connectivity index (χ0v) is 12.0. The molecule has 1 aromatic carbocycles. The Morgan fingerprint density at radius 2 is 2.21 bits per heavy atom. The van der Waals surface area contributed by atoms with Crippen LogP contribution in [0.4, 0.5) is 11.4 Å². The van der Waals surface area contributed by atoms with Gasteiger partial charge in [-0.15, -0.1) is 0 Å². The van der Waals surface area contributed by atoms with Crippen molar-refractivity contribution in [1.29, 1.82) is 0 Å². The first-order valence-corrected chi connectivity index (χ1v) is 6.83. The maximum absolute atomic E-state index is 11.8. The zero-order chi connectivity index (χ0) is 14.0. The number of anilines is 2. The molecule has 0 spiro atoms. The molecule has 0 aliphatic heterocycles. The van der Waals surface area contributed by atoms with Crippen LogP contribution in [0.2, 0.25) is 5.02 Å². The number of nitrogen functional groups attached to an aromatic ring is 1.